The van der Waals surface area contributed by atoms with E-state index in [1.54, 1.807) is 18.4 Å². The minimum atomic E-state index is -2.89. The molecule has 8 heteroatoms. The Hall–Kier alpha value is -1.12. The number of hydrogen-bond acceptors (Lipinski definition) is 5. The predicted octanol–water partition coefficient (Wildman–Crippen LogP) is 1.48. The molecule has 0 bridgehead atoms. The summed E-state index contributed by atoms with van der Waals surface area (Å²) in [6, 6.07) is 2.39. The van der Waals surface area contributed by atoms with Crippen molar-refractivity contribution in [2.24, 2.45) is 4.99 Å². The molecule has 0 aromatic carbocycles. The molecule has 2 rings (SSSR count). The highest BCUT2D eigenvalue weighted by Crippen LogP contribution is 2.22. The van der Waals surface area contributed by atoms with Crippen LogP contribution >= 0.6 is 11.3 Å². The number of sulfone groups is 1. The SMILES string of the molecule is CCN(CC)C(CNC(=NC)NC1CCS(=O)(=O)C1)c1ccsc1. The molecule has 0 spiro atoms. The fourth-order valence-electron chi connectivity index (χ4n) is 3.08. The van der Waals surface area contributed by atoms with Crippen molar-refractivity contribution in [3.8, 4) is 0 Å². The van der Waals surface area contributed by atoms with Gasteiger partial charge in [0.1, 0.15) is 0 Å². The topological polar surface area (TPSA) is 73.8 Å². The highest BCUT2D eigenvalue weighted by atomic mass is 32.2. The summed E-state index contributed by atoms with van der Waals surface area (Å²) in [7, 11) is -1.17. The van der Waals surface area contributed by atoms with Gasteiger partial charge in [0.05, 0.1) is 17.5 Å². The lowest BCUT2D eigenvalue weighted by Gasteiger charge is -2.30. The van der Waals surface area contributed by atoms with Crippen LogP contribution in [0.2, 0.25) is 0 Å². The number of likely N-dealkylation sites (N-methyl/N-ethyl adjacent to an activating group) is 1. The van der Waals surface area contributed by atoms with Crippen molar-refractivity contribution in [2.75, 3.05) is 38.2 Å². The highest BCUT2D eigenvalue weighted by Gasteiger charge is 2.28. The third-order valence-corrected chi connectivity index (χ3v) is 6.91. The fraction of sp³-hybridized carbons (Fsp3) is 0.688. The minimum absolute atomic E-state index is 0.0470. The van der Waals surface area contributed by atoms with E-state index in [-0.39, 0.29) is 23.6 Å². The normalized spacial score (nSPS) is 21.8. The molecule has 2 unspecified atom stereocenters. The Labute approximate surface area is 149 Å². The zero-order valence-corrected chi connectivity index (χ0v) is 16.3. The number of nitrogens with zero attached hydrogens (tertiary/aromatic N) is 2. The maximum atomic E-state index is 11.6. The lowest BCUT2D eigenvalue weighted by Crippen LogP contribution is -2.47. The van der Waals surface area contributed by atoms with Crippen LogP contribution in [0.5, 0.6) is 0 Å². The molecule has 1 aromatic rings. The Morgan fingerprint density at radius 3 is 2.71 bits per heavy atom. The maximum Gasteiger partial charge on any atom is 0.191 e. The first-order chi connectivity index (χ1) is 11.5. The van der Waals surface area contributed by atoms with Crippen molar-refractivity contribution in [3.63, 3.8) is 0 Å². The van der Waals surface area contributed by atoms with E-state index in [1.807, 2.05) is 0 Å². The van der Waals surface area contributed by atoms with Crippen molar-refractivity contribution < 1.29 is 8.42 Å². The van der Waals surface area contributed by atoms with Gasteiger partial charge in [0, 0.05) is 19.6 Å². The van der Waals surface area contributed by atoms with Gasteiger partial charge in [-0.05, 0) is 41.9 Å². The third kappa shape index (κ3) is 5.19. The second-order valence-corrected chi connectivity index (χ2v) is 9.00. The largest absolute Gasteiger partial charge is 0.354 e. The van der Waals surface area contributed by atoms with Crippen LogP contribution in [0.25, 0.3) is 0 Å². The Kier molecular flexibility index (Phi) is 7.06. The van der Waals surface area contributed by atoms with Crippen LogP contribution < -0.4 is 10.6 Å². The molecule has 1 saturated heterocycles. The lowest BCUT2D eigenvalue weighted by molar-refractivity contribution is 0.219. The lowest BCUT2D eigenvalue weighted by atomic mass is 10.1. The molecule has 6 nitrogen and oxygen atoms in total. The zero-order chi connectivity index (χ0) is 17.6. The van der Waals surface area contributed by atoms with Gasteiger partial charge in [0.15, 0.2) is 15.8 Å². The molecule has 2 atom stereocenters. The Morgan fingerprint density at radius 1 is 1.46 bits per heavy atom. The van der Waals surface area contributed by atoms with Gasteiger partial charge >= 0.3 is 0 Å². The number of aliphatic imine (C=N–C) groups is 1. The van der Waals surface area contributed by atoms with E-state index in [1.165, 1.54) is 5.56 Å². The van der Waals surface area contributed by atoms with Crippen molar-refractivity contribution in [2.45, 2.75) is 32.4 Å². The van der Waals surface area contributed by atoms with Gasteiger partial charge in [-0.1, -0.05) is 13.8 Å². The zero-order valence-electron chi connectivity index (χ0n) is 14.7. The van der Waals surface area contributed by atoms with Crippen molar-refractivity contribution in [1.29, 1.82) is 0 Å². The van der Waals surface area contributed by atoms with Crippen molar-refractivity contribution in [1.82, 2.24) is 15.5 Å². The molecule has 1 aromatic heterocycles. The summed E-state index contributed by atoms with van der Waals surface area (Å²) in [4.78, 5) is 6.65. The second-order valence-electron chi connectivity index (χ2n) is 5.99. The van der Waals surface area contributed by atoms with Crippen LogP contribution in [0.4, 0.5) is 0 Å². The molecule has 1 aliphatic heterocycles. The molecule has 24 heavy (non-hydrogen) atoms. The summed E-state index contributed by atoms with van der Waals surface area (Å²) in [6.07, 6.45) is 0.646. The summed E-state index contributed by atoms with van der Waals surface area (Å²) >= 11 is 1.71. The molecular formula is C16H28N4O2S2. The third-order valence-electron chi connectivity index (χ3n) is 4.44. The molecular weight excluding hydrogens is 344 g/mol. The summed E-state index contributed by atoms with van der Waals surface area (Å²) in [6.45, 7) is 7.02. The summed E-state index contributed by atoms with van der Waals surface area (Å²) in [5, 5.41) is 10.9. The first-order valence-electron chi connectivity index (χ1n) is 8.42. The van der Waals surface area contributed by atoms with E-state index < -0.39 is 9.84 Å². The van der Waals surface area contributed by atoms with Crippen LogP contribution in [-0.2, 0) is 9.84 Å². The minimum Gasteiger partial charge on any atom is -0.354 e. The summed E-state index contributed by atoms with van der Waals surface area (Å²) in [5.74, 6) is 1.13. The van der Waals surface area contributed by atoms with Gasteiger partial charge < -0.3 is 10.6 Å². The van der Waals surface area contributed by atoms with Gasteiger partial charge in [0.25, 0.3) is 0 Å². The van der Waals surface area contributed by atoms with Crippen LogP contribution in [0.15, 0.2) is 21.8 Å². The van der Waals surface area contributed by atoms with Gasteiger partial charge in [-0.3, -0.25) is 9.89 Å². The summed E-state index contributed by atoms with van der Waals surface area (Å²) < 4.78 is 23.2. The van der Waals surface area contributed by atoms with Crippen molar-refractivity contribution in [3.05, 3.63) is 22.4 Å². The molecule has 1 fully saturated rings. The highest BCUT2D eigenvalue weighted by molar-refractivity contribution is 7.91. The van der Waals surface area contributed by atoms with Crippen LogP contribution in [0, 0.1) is 0 Å². The van der Waals surface area contributed by atoms with Crippen LogP contribution in [-0.4, -0.2) is 63.5 Å². The smallest absolute Gasteiger partial charge is 0.191 e. The molecule has 0 radical (unpaired) electrons. The van der Waals surface area contributed by atoms with E-state index in [4.69, 9.17) is 0 Å². The van der Waals surface area contributed by atoms with Gasteiger partial charge in [-0.25, -0.2) is 8.42 Å². The fourth-order valence-corrected chi connectivity index (χ4v) is 5.46. The number of hydrogen-bond donors (Lipinski definition) is 2. The van der Waals surface area contributed by atoms with Gasteiger partial charge in [-0.15, -0.1) is 0 Å². The predicted molar refractivity (Wildman–Crippen MR) is 102 cm³/mol. The Balaban J connectivity index is 1.96. The first kappa shape index (κ1) is 19.2. The first-order valence-corrected chi connectivity index (χ1v) is 11.2. The molecule has 0 aliphatic carbocycles. The number of guanidine groups is 1. The van der Waals surface area contributed by atoms with E-state index >= 15 is 0 Å². The monoisotopic (exact) mass is 372 g/mol. The second kappa shape index (κ2) is 8.82. The molecule has 0 amide bonds. The van der Waals surface area contributed by atoms with Crippen molar-refractivity contribution >= 4 is 27.1 Å². The Bertz CT molecular complexity index is 625. The van der Waals surface area contributed by atoms with E-state index in [2.05, 4.69) is 51.2 Å². The number of nitrogens with one attached hydrogen (secondary N) is 2. The molecule has 2 N–H and O–H groups in total. The van der Waals surface area contributed by atoms with Gasteiger partial charge in [-0.2, -0.15) is 11.3 Å². The average molecular weight is 373 g/mol. The quantitative estimate of drug-likeness (QED) is 0.560. The molecule has 136 valence electrons. The number of thiophene rings is 1. The standard InChI is InChI=1S/C16H28N4O2S2/c1-4-20(5-2)15(13-6-8-23-11-13)10-18-16(17-3)19-14-7-9-24(21,22)12-14/h6,8,11,14-15H,4-5,7,9-10,12H2,1-3H3,(H2,17,18,19). The Morgan fingerprint density at radius 2 is 2.21 bits per heavy atom. The van der Waals surface area contributed by atoms with E-state index in [9.17, 15) is 8.42 Å². The maximum absolute atomic E-state index is 11.6. The molecule has 0 saturated carbocycles. The molecule has 1 aliphatic rings. The number of rotatable bonds is 7. The molecule has 2 heterocycles. The van der Waals surface area contributed by atoms with E-state index in [0.717, 1.165) is 19.6 Å². The van der Waals surface area contributed by atoms with E-state index in [0.29, 0.717) is 12.4 Å². The van der Waals surface area contributed by atoms with Crippen LogP contribution in [0.1, 0.15) is 31.9 Å². The summed E-state index contributed by atoms with van der Waals surface area (Å²) in [5.41, 5.74) is 1.30. The average Bonchev–Trinajstić information content (AvgIpc) is 3.19. The van der Waals surface area contributed by atoms with Gasteiger partial charge in [0.2, 0.25) is 0 Å². The van der Waals surface area contributed by atoms with Crippen LogP contribution in [0.3, 0.4) is 0 Å².